The van der Waals surface area contributed by atoms with Crippen molar-refractivity contribution in [1.29, 1.82) is 5.41 Å². The molecule has 1 spiro atoms. The molecule has 208 valence electrons. The molecule has 0 amide bonds. The minimum Gasteiger partial charge on any atom is -0.595 e. The molecule has 2 aromatic rings. The Hall–Kier alpha value is -3.44. The average molecular weight is 537 g/mol. The normalized spacial score (nSPS) is 24.8. The fourth-order valence-corrected chi connectivity index (χ4v) is 6.21. The number of allylic oxidation sites excluding steroid dienone is 2. The summed E-state index contributed by atoms with van der Waals surface area (Å²) in [5, 5.41) is 26.5. The molecule has 3 N–H and O–H groups in total. The van der Waals surface area contributed by atoms with Gasteiger partial charge in [-0.3, -0.25) is 15.1 Å². The molecule has 0 radical (unpaired) electrons. The number of carbonyl (C=O) groups excluding carboxylic acids is 1. The fraction of sp³-hybridized carbons (Fsp3) is 0.571. The lowest BCUT2D eigenvalue weighted by atomic mass is 9.64. The highest BCUT2D eigenvalue weighted by atomic mass is 16.5. The van der Waals surface area contributed by atoms with Crippen LogP contribution in [0, 0.1) is 10.8 Å². The summed E-state index contributed by atoms with van der Waals surface area (Å²) >= 11 is 0. The van der Waals surface area contributed by atoms with Crippen molar-refractivity contribution >= 4 is 11.5 Å². The van der Waals surface area contributed by atoms with Crippen molar-refractivity contribution in [3.8, 4) is 11.7 Å². The lowest BCUT2D eigenvalue weighted by Crippen LogP contribution is -2.40. The summed E-state index contributed by atoms with van der Waals surface area (Å²) in [6.45, 7) is 5.29. The lowest BCUT2D eigenvalue weighted by Gasteiger charge is -2.36. The molecule has 3 heterocycles. The van der Waals surface area contributed by atoms with E-state index in [4.69, 9.17) is 20.0 Å². The summed E-state index contributed by atoms with van der Waals surface area (Å²) in [5.41, 5.74) is 0.438. The van der Waals surface area contributed by atoms with Gasteiger partial charge in [0.1, 0.15) is 22.9 Å². The summed E-state index contributed by atoms with van der Waals surface area (Å²) in [6.07, 6.45) is 10.2. The molecule has 3 atom stereocenters. The van der Waals surface area contributed by atoms with Crippen LogP contribution in [-0.2, 0) is 16.1 Å². The SMILES string of the molecule is C=C[C@H](Oc1cc(-n2cc(COC)nn2)nc(C(=N)C2=C([OH2+])[C@]3(CCCCC3=O)CCC2)n1)[C@@H]1CCCN1C. The molecule has 2 aliphatic carbocycles. The van der Waals surface area contributed by atoms with Gasteiger partial charge in [0.2, 0.25) is 11.6 Å². The fourth-order valence-electron chi connectivity index (χ4n) is 6.21. The van der Waals surface area contributed by atoms with E-state index in [2.05, 4.69) is 38.8 Å². The first kappa shape index (κ1) is 27.1. The molecule has 11 nitrogen and oxygen atoms in total. The Bertz CT molecular complexity index is 1290. The van der Waals surface area contributed by atoms with Gasteiger partial charge in [0, 0.05) is 19.6 Å². The van der Waals surface area contributed by atoms with Crippen molar-refractivity contribution in [2.75, 3.05) is 20.7 Å². The maximum atomic E-state index is 13.0. The minimum absolute atomic E-state index is 0.0505. The number of likely N-dealkylation sites (N-methyl/N-ethyl adjacent to an activating group) is 1. The number of aromatic nitrogens is 5. The van der Waals surface area contributed by atoms with Crippen molar-refractivity contribution in [1.82, 2.24) is 29.9 Å². The van der Waals surface area contributed by atoms with Crippen LogP contribution in [0.1, 0.15) is 69.3 Å². The number of hydrogen-bond donors (Lipinski definition) is 1. The quantitative estimate of drug-likeness (QED) is 0.293. The molecule has 2 fully saturated rings. The first-order chi connectivity index (χ1) is 18.9. The summed E-state index contributed by atoms with van der Waals surface area (Å²) in [6, 6.07) is 1.85. The molecule has 39 heavy (non-hydrogen) atoms. The standard InChI is InChI=1S/C28H37N7O4/c1-4-21(20-10-8-14-34(20)2)39-24-15-23(35-16-18(17-38-3)32-33-35)30-27(31-24)25(29)19-9-7-13-28(26(19)37)12-6-5-11-22(28)36/h4,15-16,20-21,29,37H,1,5-14,17H2,2-3H3/p+1/t20-,21-,28+/m0/s1. The zero-order chi connectivity index (χ0) is 27.6. The van der Waals surface area contributed by atoms with Gasteiger partial charge < -0.3 is 14.6 Å². The smallest absolute Gasteiger partial charge is 0.248 e. The van der Waals surface area contributed by atoms with Gasteiger partial charge in [0.05, 0.1) is 24.4 Å². The van der Waals surface area contributed by atoms with E-state index in [1.54, 1.807) is 25.4 Å². The van der Waals surface area contributed by atoms with Crippen LogP contribution >= 0.6 is 0 Å². The van der Waals surface area contributed by atoms with Crippen LogP contribution in [0.4, 0.5) is 0 Å². The molecule has 1 saturated carbocycles. The number of ketones is 1. The third-order valence-electron chi connectivity index (χ3n) is 8.33. The van der Waals surface area contributed by atoms with Crippen molar-refractivity contribution in [2.24, 2.45) is 5.41 Å². The van der Waals surface area contributed by atoms with E-state index in [1.165, 1.54) is 4.68 Å². The van der Waals surface area contributed by atoms with E-state index in [0.29, 0.717) is 55.3 Å². The van der Waals surface area contributed by atoms with Gasteiger partial charge in [-0.25, -0.2) is 9.67 Å². The molecular weight excluding hydrogens is 498 g/mol. The molecule has 3 aliphatic rings. The molecule has 1 aliphatic heterocycles. The van der Waals surface area contributed by atoms with E-state index in [1.807, 2.05) is 0 Å². The number of hydrogen-bond acceptors (Lipinski definition) is 9. The highest BCUT2D eigenvalue weighted by Gasteiger charge is 2.50. The van der Waals surface area contributed by atoms with Gasteiger partial charge in [-0.05, 0) is 64.6 Å². The summed E-state index contributed by atoms with van der Waals surface area (Å²) in [5.74, 6) is 1.21. The second-order valence-electron chi connectivity index (χ2n) is 10.8. The largest absolute Gasteiger partial charge is 0.595 e. The molecule has 0 bridgehead atoms. The Morgan fingerprint density at radius 2 is 2.10 bits per heavy atom. The second kappa shape index (κ2) is 11.4. The second-order valence-corrected chi connectivity index (χ2v) is 10.8. The highest BCUT2D eigenvalue weighted by molar-refractivity contribution is 6.09. The molecule has 1 saturated heterocycles. The Morgan fingerprint density at radius 1 is 1.28 bits per heavy atom. The third kappa shape index (κ3) is 5.25. The van der Waals surface area contributed by atoms with Gasteiger partial charge in [-0.15, -0.1) is 5.10 Å². The van der Waals surface area contributed by atoms with Gasteiger partial charge in [-0.2, -0.15) is 4.98 Å². The maximum absolute atomic E-state index is 13.0. The van der Waals surface area contributed by atoms with Crippen LogP contribution in [0.15, 0.2) is 36.3 Å². The van der Waals surface area contributed by atoms with Crippen LogP contribution in [0.5, 0.6) is 5.88 Å². The van der Waals surface area contributed by atoms with Crippen molar-refractivity contribution in [3.05, 3.63) is 47.8 Å². The first-order valence-electron chi connectivity index (χ1n) is 13.7. The number of rotatable bonds is 9. The Labute approximate surface area is 228 Å². The van der Waals surface area contributed by atoms with Crippen molar-refractivity contribution < 1.29 is 19.4 Å². The van der Waals surface area contributed by atoms with Gasteiger partial charge >= 0.3 is 0 Å². The number of methoxy groups -OCH3 is 1. The lowest BCUT2D eigenvalue weighted by molar-refractivity contribution is -0.131. The van der Waals surface area contributed by atoms with E-state index in [0.717, 1.165) is 38.6 Å². The zero-order valence-corrected chi connectivity index (χ0v) is 22.8. The van der Waals surface area contributed by atoms with Crippen LogP contribution < -0.4 is 4.74 Å². The molecule has 5 rings (SSSR count). The first-order valence-corrected chi connectivity index (χ1v) is 13.7. The predicted molar refractivity (Wildman–Crippen MR) is 145 cm³/mol. The Balaban J connectivity index is 1.54. The molecular formula is C28H38N7O4+. The van der Waals surface area contributed by atoms with E-state index < -0.39 is 5.41 Å². The topological polar surface area (TPSA) is 142 Å². The zero-order valence-electron chi connectivity index (χ0n) is 22.8. The van der Waals surface area contributed by atoms with Crippen LogP contribution in [0.2, 0.25) is 0 Å². The summed E-state index contributed by atoms with van der Waals surface area (Å²) in [4.78, 5) is 24.6. The monoisotopic (exact) mass is 536 g/mol. The van der Waals surface area contributed by atoms with Crippen LogP contribution in [-0.4, -0.2) is 79.3 Å². The van der Waals surface area contributed by atoms with E-state index in [9.17, 15) is 4.79 Å². The van der Waals surface area contributed by atoms with Crippen molar-refractivity contribution in [2.45, 2.75) is 76.5 Å². The van der Waals surface area contributed by atoms with Gasteiger partial charge in [0.15, 0.2) is 17.4 Å². The highest BCUT2D eigenvalue weighted by Crippen LogP contribution is 2.48. The molecule has 11 heteroatoms. The number of nitrogens with one attached hydrogen (secondary N) is 1. The third-order valence-corrected chi connectivity index (χ3v) is 8.33. The summed E-state index contributed by atoms with van der Waals surface area (Å²) < 4.78 is 13.0. The van der Waals surface area contributed by atoms with Crippen LogP contribution in [0.3, 0.4) is 0 Å². The molecule has 2 aromatic heterocycles. The Morgan fingerprint density at radius 3 is 2.82 bits per heavy atom. The summed E-state index contributed by atoms with van der Waals surface area (Å²) in [7, 11) is 3.66. The number of Topliss-reactive ketones (excluding diaryl/α,β-unsaturated/α-hetero) is 1. The van der Waals surface area contributed by atoms with Gasteiger partial charge in [-0.1, -0.05) is 18.2 Å². The maximum Gasteiger partial charge on any atom is 0.248 e. The molecule has 0 unspecified atom stereocenters. The van der Waals surface area contributed by atoms with Gasteiger partial charge in [0.25, 0.3) is 0 Å². The van der Waals surface area contributed by atoms with E-state index in [-0.39, 0.29) is 35.2 Å². The Kier molecular flexibility index (Phi) is 7.90. The number of carbonyl (C=O) groups is 1. The minimum atomic E-state index is -0.781. The van der Waals surface area contributed by atoms with Crippen molar-refractivity contribution in [3.63, 3.8) is 0 Å². The number of ether oxygens (including phenoxy) is 2. The van der Waals surface area contributed by atoms with E-state index >= 15 is 0 Å². The molecule has 0 aromatic carbocycles. The average Bonchev–Trinajstić information content (AvgIpc) is 3.59. The number of likely N-dealkylation sites (tertiary alicyclic amines) is 1. The number of nitrogens with zero attached hydrogens (tertiary/aromatic N) is 6. The predicted octanol–water partition coefficient (Wildman–Crippen LogP) is 2.89. The van der Waals surface area contributed by atoms with Crippen LogP contribution in [0.25, 0.3) is 5.82 Å².